The Hall–Kier alpha value is -2.88. The van der Waals surface area contributed by atoms with E-state index in [1.54, 1.807) is 0 Å². The fraction of sp³-hybridized carbons (Fsp3) is 0.767. The highest BCUT2D eigenvalue weighted by atomic mass is 32.2. The van der Waals surface area contributed by atoms with Crippen molar-refractivity contribution in [2.24, 2.45) is 16.6 Å². The lowest BCUT2D eigenvalue weighted by atomic mass is 9.85. The third-order valence-corrected chi connectivity index (χ3v) is 8.81. The van der Waals surface area contributed by atoms with Gasteiger partial charge in [0.1, 0.15) is 12.1 Å². The molecule has 2 rings (SSSR count). The zero-order valence-electron chi connectivity index (χ0n) is 27.7. The number of hydrogen-bond donors (Lipinski definition) is 6. The van der Waals surface area contributed by atoms with Gasteiger partial charge in [-0.1, -0.05) is 53.2 Å². The van der Waals surface area contributed by atoms with Gasteiger partial charge in [-0.15, -0.1) is 0 Å². The van der Waals surface area contributed by atoms with Crippen molar-refractivity contribution in [3.05, 3.63) is 11.6 Å². The van der Waals surface area contributed by atoms with Crippen LogP contribution in [0.5, 0.6) is 0 Å². The Morgan fingerprint density at radius 3 is 2.24 bits per heavy atom. The molecule has 1 aliphatic carbocycles. The van der Waals surface area contributed by atoms with Crippen LogP contribution in [0.3, 0.4) is 0 Å². The van der Waals surface area contributed by atoms with E-state index in [0.717, 1.165) is 12.8 Å². The SMILES string of the molecule is CN(CCNC[C@@H](NC(=O)N[C@H](C(=O)N1CCC[C@H]1C(=O)NC(CCC=C1CC1)C(=O)C(N)=O)C(C)(C)C)C(C)(C)C)S(=O)O. The summed E-state index contributed by atoms with van der Waals surface area (Å²) < 4.78 is 21.6. The molecule has 14 nitrogen and oxygen atoms in total. The molecule has 2 fully saturated rings. The lowest BCUT2D eigenvalue weighted by Gasteiger charge is -2.37. The van der Waals surface area contributed by atoms with Crippen LogP contribution in [-0.4, -0.2) is 105 Å². The molecule has 0 aromatic heterocycles. The van der Waals surface area contributed by atoms with E-state index in [4.69, 9.17) is 10.3 Å². The number of nitrogens with one attached hydrogen (secondary N) is 4. The first-order valence-electron chi connectivity index (χ1n) is 15.5. The average molecular weight is 656 g/mol. The number of primary amides is 1. The van der Waals surface area contributed by atoms with Gasteiger partial charge in [0.2, 0.25) is 28.9 Å². The van der Waals surface area contributed by atoms with Crippen molar-refractivity contribution in [2.45, 2.75) is 104 Å². The maximum absolute atomic E-state index is 13.9. The molecule has 0 spiro atoms. The maximum atomic E-state index is 13.9. The molecule has 1 aliphatic heterocycles. The quantitative estimate of drug-likeness (QED) is 0.0606. The highest BCUT2D eigenvalue weighted by Crippen LogP contribution is 2.29. The van der Waals surface area contributed by atoms with Gasteiger partial charge in [-0.25, -0.2) is 13.3 Å². The molecule has 1 heterocycles. The number of rotatable bonds is 16. The number of urea groups is 1. The summed E-state index contributed by atoms with van der Waals surface area (Å²) in [6.07, 6.45) is 5.71. The van der Waals surface area contributed by atoms with Gasteiger partial charge in [0.25, 0.3) is 5.91 Å². The van der Waals surface area contributed by atoms with Crippen LogP contribution < -0.4 is 27.0 Å². The van der Waals surface area contributed by atoms with Gasteiger partial charge in [-0.2, -0.15) is 0 Å². The molecule has 0 aromatic carbocycles. The molecular weight excluding hydrogens is 602 g/mol. The summed E-state index contributed by atoms with van der Waals surface area (Å²) in [6, 6.07) is -3.81. The lowest BCUT2D eigenvalue weighted by molar-refractivity contribution is -0.143. The van der Waals surface area contributed by atoms with Crippen molar-refractivity contribution in [3.63, 3.8) is 0 Å². The number of nitrogens with zero attached hydrogens (tertiary/aromatic N) is 2. The first-order chi connectivity index (χ1) is 20.8. The molecular formula is C30H53N7O7S. The van der Waals surface area contributed by atoms with Crippen molar-refractivity contribution in [1.29, 1.82) is 0 Å². The van der Waals surface area contributed by atoms with Crippen LogP contribution in [0.4, 0.5) is 4.79 Å². The second-order valence-corrected chi connectivity index (χ2v) is 15.1. The van der Waals surface area contributed by atoms with Crippen LogP contribution >= 0.6 is 0 Å². The van der Waals surface area contributed by atoms with E-state index < -0.39 is 64.3 Å². The molecule has 256 valence electrons. The summed E-state index contributed by atoms with van der Waals surface area (Å²) in [7, 11) is 1.52. The average Bonchev–Trinajstić information content (AvgIpc) is 3.62. The molecule has 7 N–H and O–H groups in total. The summed E-state index contributed by atoms with van der Waals surface area (Å²) in [5.74, 6) is -2.96. The van der Waals surface area contributed by atoms with Crippen molar-refractivity contribution in [3.8, 4) is 0 Å². The molecule has 0 radical (unpaired) electrons. The van der Waals surface area contributed by atoms with Crippen LogP contribution in [0.2, 0.25) is 0 Å². The summed E-state index contributed by atoms with van der Waals surface area (Å²) in [4.78, 5) is 66.2. The number of likely N-dealkylation sites (tertiary alicyclic amines) is 1. The van der Waals surface area contributed by atoms with Crippen LogP contribution in [0.15, 0.2) is 11.6 Å². The van der Waals surface area contributed by atoms with Crippen LogP contribution in [0, 0.1) is 10.8 Å². The predicted octanol–water partition coefficient (Wildman–Crippen LogP) is 0.804. The third-order valence-electron chi connectivity index (χ3n) is 8.10. The smallest absolute Gasteiger partial charge is 0.315 e. The number of hydrogen-bond acceptors (Lipinski definition) is 7. The fourth-order valence-electron chi connectivity index (χ4n) is 5.02. The number of likely N-dealkylation sites (N-methyl/N-ethyl adjacent to an activating group) is 1. The second kappa shape index (κ2) is 16.6. The zero-order valence-corrected chi connectivity index (χ0v) is 28.6. The minimum Gasteiger partial charge on any atom is -0.363 e. The monoisotopic (exact) mass is 655 g/mol. The molecule has 5 atom stereocenters. The topological polar surface area (TPSA) is 203 Å². The summed E-state index contributed by atoms with van der Waals surface area (Å²) in [5, 5.41) is 11.7. The summed E-state index contributed by atoms with van der Waals surface area (Å²) in [6.45, 7) is 12.8. The fourth-order valence-corrected chi connectivity index (χ4v) is 5.27. The van der Waals surface area contributed by atoms with E-state index in [0.29, 0.717) is 45.4 Å². The van der Waals surface area contributed by atoms with E-state index in [1.807, 2.05) is 47.6 Å². The standard InChI is InChI=1S/C30H53N7O7S/c1-29(2,3)22(18-32-15-17-36(7)45(43)44)34-28(42)35-24(30(4,5)6)27(41)37-16-9-12-21(37)26(40)33-20(23(38)25(31)39)11-8-10-19-13-14-19/h10,20-22,24,32H,8-9,11-18H2,1-7H3,(H2,31,39)(H,33,40)(H,43,44)(H2,34,35,42)/t20?,21-,22+,24+/m0/s1. The molecule has 1 saturated carbocycles. The second-order valence-electron chi connectivity index (χ2n) is 14.0. The van der Waals surface area contributed by atoms with Crippen LogP contribution in [-0.2, 0) is 30.4 Å². The Bertz CT molecular complexity index is 1140. The van der Waals surface area contributed by atoms with Crippen LogP contribution in [0.25, 0.3) is 0 Å². The van der Waals surface area contributed by atoms with Gasteiger partial charge in [0.05, 0.1) is 6.04 Å². The normalized spacial score (nSPS) is 19.4. The van der Waals surface area contributed by atoms with Gasteiger partial charge in [-0.3, -0.25) is 23.7 Å². The number of amides is 5. The Morgan fingerprint density at radius 2 is 1.71 bits per heavy atom. The first-order valence-corrected chi connectivity index (χ1v) is 16.6. The molecule has 0 bridgehead atoms. The van der Waals surface area contributed by atoms with Gasteiger partial charge in [-0.05, 0) is 49.4 Å². The number of carbonyl (C=O) groups is 5. The molecule has 45 heavy (non-hydrogen) atoms. The third kappa shape index (κ3) is 12.4. The number of Topliss-reactive ketones (excluding diaryl/α,β-unsaturated/α-hetero) is 1. The van der Waals surface area contributed by atoms with Crippen molar-refractivity contribution in [1.82, 2.24) is 30.5 Å². The Kier molecular flexibility index (Phi) is 14.1. The highest BCUT2D eigenvalue weighted by molar-refractivity contribution is 7.76. The number of carbonyl (C=O) groups excluding carboxylic acids is 5. The highest BCUT2D eigenvalue weighted by Gasteiger charge is 2.43. The van der Waals surface area contributed by atoms with Crippen molar-refractivity contribution >= 4 is 40.8 Å². The Morgan fingerprint density at radius 1 is 1.07 bits per heavy atom. The molecule has 1 saturated heterocycles. The maximum Gasteiger partial charge on any atom is 0.315 e. The van der Waals surface area contributed by atoms with Gasteiger partial charge in [0.15, 0.2) is 0 Å². The first kappa shape index (κ1) is 38.3. The van der Waals surface area contributed by atoms with E-state index in [2.05, 4.69) is 21.3 Å². The molecule has 2 aliphatic rings. The van der Waals surface area contributed by atoms with E-state index >= 15 is 0 Å². The largest absolute Gasteiger partial charge is 0.363 e. The van der Waals surface area contributed by atoms with E-state index in [-0.39, 0.29) is 17.9 Å². The summed E-state index contributed by atoms with van der Waals surface area (Å²) in [5.41, 5.74) is 5.45. The van der Waals surface area contributed by atoms with Gasteiger partial charge >= 0.3 is 6.03 Å². The Labute approximate surface area is 269 Å². The predicted molar refractivity (Wildman–Crippen MR) is 172 cm³/mol. The molecule has 0 aromatic rings. The molecule has 5 amide bonds. The van der Waals surface area contributed by atoms with Crippen molar-refractivity contribution < 1.29 is 32.7 Å². The summed E-state index contributed by atoms with van der Waals surface area (Å²) >= 11 is -2.07. The molecule has 2 unspecified atom stereocenters. The van der Waals surface area contributed by atoms with E-state index in [9.17, 15) is 28.2 Å². The zero-order chi connectivity index (χ0) is 34.1. The molecule has 15 heteroatoms. The minimum atomic E-state index is -2.07. The number of allylic oxidation sites excluding steroid dienone is 2. The van der Waals surface area contributed by atoms with Gasteiger partial charge in [0, 0.05) is 39.3 Å². The number of nitrogens with two attached hydrogens (primary N) is 1. The van der Waals surface area contributed by atoms with Crippen molar-refractivity contribution in [2.75, 3.05) is 33.2 Å². The Balaban J connectivity index is 2.10. The van der Waals surface area contributed by atoms with E-state index in [1.165, 1.54) is 21.8 Å². The minimum absolute atomic E-state index is 0.228. The lowest BCUT2D eigenvalue weighted by Crippen LogP contribution is -2.61. The number of ketones is 1. The van der Waals surface area contributed by atoms with Crippen LogP contribution in [0.1, 0.15) is 80.1 Å². The van der Waals surface area contributed by atoms with Gasteiger partial charge < -0.3 is 31.9 Å².